The lowest BCUT2D eigenvalue weighted by atomic mass is 9.87. The van der Waals surface area contributed by atoms with Crippen LogP contribution in [0.25, 0.3) is 0 Å². The molecule has 0 spiro atoms. The molecule has 6 heteroatoms. The SMILES string of the molecule is Cc1ccc(S(=O)(=O)NC2CCC(CO)CC2)cc1F. The molecule has 0 radical (unpaired) electrons. The molecular weight excluding hydrogens is 281 g/mol. The van der Waals surface area contributed by atoms with Gasteiger partial charge < -0.3 is 5.11 Å². The largest absolute Gasteiger partial charge is 0.396 e. The van der Waals surface area contributed by atoms with Gasteiger partial charge in [0.05, 0.1) is 4.90 Å². The van der Waals surface area contributed by atoms with Gasteiger partial charge in [0.2, 0.25) is 10.0 Å². The van der Waals surface area contributed by atoms with Crippen molar-refractivity contribution in [1.82, 2.24) is 4.72 Å². The number of sulfonamides is 1. The number of aryl methyl sites for hydroxylation is 1. The van der Waals surface area contributed by atoms with E-state index in [-0.39, 0.29) is 23.5 Å². The van der Waals surface area contributed by atoms with E-state index in [4.69, 9.17) is 5.11 Å². The van der Waals surface area contributed by atoms with Gasteiger partial charge in [-0.25, -0.2) is 17.5 Å². The van der Waals surface area contributed by atoms with E-state index in [0.717, 1.165) is 18.9 Å². The number of halogens is 1. The molecule has 0 atom stereocenters. The van der Waals surface area contributed by atoms with Crippen molar-refractivity contribution in [2.24, 2.45) is 5.92 Å². The zero-order chi connectivity index (χ0) is 14.8. The van der Waals surface area contributed by atoms with Crippen molar-refractivity contribution < 1.29 is 17.9 Å². The molecule has 2 N–H and O–H groups in total. The lowest BCUT2D eigenvalue weighted by molar-refractivity contribution is 0.180. The quantitative estimate of drug-likeness (QED) is 0.893. The number of benzene rings is 1. The van der Waals surface area contributed by atoms with E-state index in [1.54, 1.807) is 6.92 Å². The first kappa shape index (κ1) is 15.4. The molecular formula is C14H20FNO3S. The maximum atomic E-state index is 13.5. The maximum absolute atomic E-state index is 13.5. The Morgan fingerprint density at radius 3 is 2.50 bits per heavy atom. The number of rotatable bonds is 4. The number of hydrogen-bond acceptors (Lipinski definition) is 3. The summed E-state index contributed by atoms with van der Waals surface area (Å²) in [6, 6.07) is 3.80. The van der Waals surface area contributed by atoms with E-state index in [0.29, 0.717) is 18.4 Å². The second-order valence-corrected chi connectivity index (χ2v) is 7.15. The fourth-order valence-corrected chi connectivity index (χ4v) is 3.81. The second-order valence-electron chi connectivity index (χ2n) is 5.43. The summed E-state index contributed by atoms with van der Waals surface area (Å²) in [6.07, 6.45) is 3.04. The lowest BCUT2D eigenvalue weighted by Gasteiger charge is -2.27. The zero-order valence-corrected chi connectivity index (χ0v) is 12.3. The topological polar surface area (TPSA) is 66.4 Å². The molecule has 1 aromatic rings. The van der Waals surface area contributed by atoms with Gasteiger partial charge in [0.25, 0.3) is 0 Å². The van der Waals surface area contributed by atoms with Gasteiger partial charge in [0, 0.05) is 12.6 Å². The molecule has 2 rings (SSSR count). The fourth-order valence-electron chi connectivity index (χ4n) is 2.49. The summed E-state index contributed by atoms with van der Waals surface area (Å²) in [5, 5.41) is 9.06. The van der Waals surface area contributed by atoms with Crippen molar-refractivity contribution in [1.29, 1.82) is 0 Å². The first-order chi connectivity index (χ1) is 9.42. The van der Waals surface area contributed by atoms with Crippen LogP contribution < -0.4 is 4.72 Å². The van der Waals surface area contributed by atoms with Gasteiger partial charge in [-0.1, -0.05) is 6.07 Å². The van der Waals surface area contributed by atoms with Gasteiger partial charge in [-0.2, -0.15) is 0 Å². The predicted octanol–water partition coefficient (Wildman–Crippen LogP) is 1.96. The van der Waals surface area contributed by atoms with Gasteiger partial charge in [-0.15, -0.1) is 0 Å². The van der Waals surface area contributed by atoms with Crippen molar-refractivity contribution >= 4 is 10.0 Å². The molecule has 0 amide bonds. The third kappa shape index (κ3) is 3.56. The van der Waals surface area contributed by atoms with E-state index >= 15 is 0 Å². The Hall–Kier alpha value is -0.980. The molecule has 0 saturated heterocycles. The molecule has 0 aliphatic heterocycles. The first-order valence-corrected chi connectivity index (χ1v) is 8.30. The number of hydrogen-bond donors (Lipinski definition) is 2. The average Bonchev–Trinajstić information content (AvgIpc) is 2.42. The molecule has 1 aliphatic carbocycles. The Morgan fingerprint density at radius 2 is 1.95 bits per heavy atom. The molecule has 1 aliphatic rings. The fraction of sp³-hybridized carbons (Fsp3) is 0.571. The molecule has 0 bridgehead atoms. The highest BCUT2D eigenvalue weighted by molar-refractivity contribution is 7.89. The highest BCUT2D eigenvalue weighted by Crippen LogP contribution is 2.25. The van der Waals surface area contributed by atoms with Crippen LogP contribution in [0.4, 0.5) is 4.39 Å². The van der Waals surface area contributed by atoms with Crippen LogP contribution in [0, 0.1) is 18.7 Å². The van der Waals surface area contributed by atoms with E-state index in [2.05, 4.69) is 4.72 Å². The summed E-state index contributed by atoms with van der Waals surface area (Å²) in [4.78, 5) is -0.0371. The summed E-state index contributed by atoms with van der Waals surface area (Å²) >= 11 is 0. The van der Waals surface area contributed by atoms with Crippen molar-refractivity contribution in [3.8, 4) is 0 Å². The summed E-state index contributed by atoms with van der Waals surface area (Å²) in [5.74, 6) is -0.246. The molecule has 112 valence electrons. The van der Waals surface area contributed by atoms with Crippen molar-refractivity contribution in [3.63, 3.8) is 0 Å². The lowest BCUT2D eigenvalue weighted by Crippen LogP contribution is -2.38. The van der Waals surface area contributed by atoms with Crippen LogP contribution in [0.1, 0.15) is 31.2 Å². The Balaban J connectivity index is 2.06. The first-order valence-electron chi connectivity index (χ1n) is 6.81. The van der Waals surface area contributed by atoms with Crippen molar-refractivity contribution in [2.75, 3.05) is 6.61 Å². The maximum Gasteiger partial charge on any atom is 0.240 e. The van der Waals surface area contributed by atoms with Crippen LogP contribution in [0.3, 0.4) is 0 Å². The normalized spacial score (nSPS) is 23.8. The second kappa shape index (κ2) is 6.20. The Kier molecular flexibility index (Phi) is 4.78. The summed E-state index contributed by atoms with van der Waals surface area (Å²) < 4.78 is 40.5. The van der Waals surface area contributed by atoms with Gasteiger partial charge in [-0.3, -0.25) is 0 Å². The molecule has 0 heterocycles. The zero-order valence-electron chi connectivity index (χ0n) is 11.5. The molecule has 1 saturated carbocycles. The Bertz CT molecular complexity index is 566. The Morgan fingerprint density at radius 1 is 1.30 bits per heavy atom. The molecule has 20 heavy (non-hydrogen) atoms. The predicted molar refractivity (Wildman–Crippen MR) is 74.3 cm³/mol. The van der Waals surface area contributed by atoms with Gasteiger partial charge in [-0.05, 0) is 56.2 Å². The number of aliphatic hydroxyl groups excluding tert-OH is 1. The van der Waals surface area contributed by atoms with Gasteiger partial charge in [0.1, 0.15) is 5.82 Å². The highest BCUT2D eigenvalue weighted by Gasteiger charge is 2.25. The van der Waals surface area contributed by atoms with Crippen LogP contribution in [-0.2, 0) is 10.0 Å². The molecule has 1 fully saturated rings. The third-order valence-electron chi connectivity index (χ3n) is 3.88. The van der Waals surface area contributed by atoms with Crippen molar-refractivity contribution in [3.05, 3.63) is 29.6 Å². The summed E-state index contributed by atoms with van der Waals surface area (Å²) in [6.45, 7) is 1.75. The minimum Gasteiger partial charge on any atom is -0.396 e. The molecule has 1 aromatic carbocycles. The molecule has 0 aromatic heterocycles. The average molecular weight is 301 g/mol. The van der Waals surface area contributed by atoms with Crippen LogP contribution in [0.15, 0.2) is 23.1 Å². The molecule has 0 unspecified atom stereocenters. The third-order valence-corrected chi connectivity index (χ3v) is 5.40. The van der Waals surface area contributed by atoms with E-state index < -0.39 is 15.8 Å². The van der Waals surface area contributed by atoms with E-state index in [9.17, 15) is 12.8 Å². The van der Waals surface area contributed by atoms with E-state index in [1.807, 2.05) is 0 Å². The minimum absolute atomic E-state index is 0.0371. The van der Waals surface area contributed by atoms with Crippen LogP contribution in [0.5, 0.6) is 0 Å². The highest BCUT2D eigenvalue weighted by atomic mass is 32.2. The monoisotopic (exact) mass is 301 g/mol. The summed E-state index contributed by atoms with van der Waals surface area (Å²) in [5.41, 5.74) is 0.424. The van der Waals surface area contributed by atoms with Crippen molar-refractivity contribution in [2.45, 2.75) is 43.5 Å². The standard InChI is InChI=1S/C14H20FNO3S/c1-10-2-7-13(8-14(10)15)20(18,19)16-12-5-3-11(9-17)4-6-12/h2,7-8,11-12,16-17H,3-6,9H2,1H3. The van der Waals surface area contributed by atoms with Gasteiger partial charge in [0.15, 0.2) is 0 Å². The Labute approximate surface area is 119 Å². The van der Waals surface area contributed by atoms with Gasteiger partial charge >= 0.3 is 0 Å². The summed E-state index contributed by atoms with van der Waals surface area (Å²) in [7, 11) is -3.68. The number of nitrogens with one attached hydrogen (secondary N) is 1. The minimum atomic E-state index is -3.68. The number of aliphatic hydroxyl groups is 1. The van der Waals surface area contributed by atoms with Crippen LogP contribution >= 0.6 is 0 Å². The molecule has 4 nitrogen and oxygen atoms in total. The van der Waals surface area contributed by atoms with E-state index in [1.165, 1.54) is 12.1 Å². The van der Waals surface area contributed by atoms with Crippen LogP contribution in [-0.4, -0.2) is 26.2 Å². The smallest absolute Gasteiger partial charge is 0.240 e. The van der Waals surface area contributed by atoms with Crippen LogP contribution in [0.2, 0.25) is 0 Å².